The van der Waals surface area contributed by atoms with Crippen molar-refractivity contribution in [1.82, 2.24) is 24.8 Å². The van der Waals surface area contributed by atoms with Gasteiger partial charge < -0.3 is 15.0 Å². The number of hydrogen-bond acceptors (Lipinski definition) is 7. The number of aliphatic imine (C=N–C) groups is 1. The Bertz CT molecular complexity index is 1400. The van der Waals surface area contributed by atoms with Crippen molar-refractivity contribution in [2.75, 3.05) is 31.1 Å². The van der Waals surface area contributed by atoms with E-state index >= 15 is 0 Å². The van der Waals surface area contributed by atoms with Gasteiger partial charge in [-0.05, 0) is 56.5 Å². The topological polar surface area (TPSA) is 93.5 Å². The van der Waals surface area contributed by atoms with E-state index in [1.54, 1.807) is 12.4 Å². The first-order chi connectivity index (χ1) is 17.1. The number of rotatable bonds is 5. The molecule has 0 bridgehead atoms. The number of H-pyrrole nitrogens is 1. The molecule has 1 aliphatic carbocycles. The van der Waals surface area contributed by atoms with Crippen molar-refractivity contribution >= 4 is 28.1 Å². The first-order valence-electron chi connectivity index (χ1n) is 12.2. The van der Waals surface area contributed by atoms with Crippen LogP contribution in [0.5, 0.6) is 5.88 Å². The molecule has 0 aromatic carbocycles. The Labute approximate surface area is 204 Å². The van der Waals surface area contributed by atoms with Gasteiger partial charge in [-0.25, -0.2) is 4.98 Å². The van der Waals surface area contributed by atoms with Crippen LogP contribution in [0.15, 0.2) is 54.0 Å². The summed E-state index contributed by atoms with van der Waals surface area (Å²) in [6, 6.07) is 8.81. The molecule has 6 rings (SSSR count). The smallest absolute Gasteiger partial charge is 0.198 e. The van der Waals surface area contributed by atoms with Crippen LogP contribution in [-0.4, -0.2) is 67.9 Å². The maximum Gasteiger partial charge on any atom is 0.198 e. The van der Waals surface area contributed by atoms with E-state index in [1.807, 2.05) is 50.5 Å². The van der Waals surface area contributed by atoms with E-state index in [2.05, 4.69) is 29.7 Å². The molecule has 1 aliphatic heterocycles. The molecular formula is C27H29N7O. The molecule has 8 nitrogen and oxygen atoms in total. The molecule has 178 valence electrons. The van der Waals surface area contributed by atoms with E-state index in [9.17, 15) is 5.11 Å². The third kappa shape index (κ3) is 4.25. The minimum absolute atomic E-state index is 0.0845. The molecule has 2 aliphatic rings. The molecule has 0 spiro atoms. The molecule has 35 heavy (non-hydrogen) atoms. The zero-order valence-corrected chi connectivity index (χ0v) is 20.1. The fourth-order valence-corrected chi connectivity index (χ4v) is 4.96. The maximum absolute atomic E-state index is 10.7. The molecule has 0 radical (unpaired) electrons. The number of nitrogens with one attached hydrogen (secondary N) is 1. The fraction of sp³-hybridized carbons (Fsp3) is 0.333. The van der Waals surface area contributed by atoms with Gasteiger partial charge in [0, 0.05) is 55.6 Å². The van der Waals surface area contributed by atoms with E-state index in [1.165, 1.54) is 12.8 Å². The lowest BCUT2D eigenvalue weighted by molar-refractivity contribution is 0.247. The molecule has 0 amide bonds. The van der Waals surface area contributed by atoms with Crippen LogP contribution in [-0.2, 0) is 0 Å². The standard InChI is InChI=1S/C27H29N7O/c1-17-7-8-28-15-22(17)23-13-21-24(16-29-23)32-27(35)26(21)18(2)31-19-3-6-25(30-14-19)34-11-9-33(10-12-34)20-4-5-20/h3,6-8,13-16,20,32,35H,4-5,9-12H2,1-2H3. The van der Waals surface area contributed by atoms with E-state index in [0.717, 1.165) is 71.4 Å². The Balaban J connectivity index is 1.26. The number of fused-ring (bicyclic) bond motifs is 1. The summed E-state index contributed by atoms with van der Waals surface area (Å²) < 4.78 is 0. The van der Waals surface area contributed by atoms with Crippen LogP contribution in [0.1, 0.15) is 30.9 Å². The number of pyridine rings is 3. The van der Waals surface area contributed by atoms with Gasteiger partial charge in [-0.1, -0.05) is 0 Å². The van der Waals surface area contributed by atoms with Crippen molar-refractivity contribution in [3.05, 3.63) is 60.2 Å². The normalized spacial score (nSPS) is 17.3. The quantitative estimate of drug-likeness (QED) is 0.421. The second-order valence-corrected chi connectivity index (χ2v) is 9.48. The largest absolute Gasteiger partial charge is 0.494 e. The highest BCUT2D eigenvalue weighted by Gasteiger charge is 2.31. The van der Waals surface area contributed by atoms with Crippen molar-refractivity contribution in [2.45, 2.75) is 32.7 Å². The minimum atomic E-state index is 0.0845. The van der Waals surface area contributed by atoms with Crippen LogP contribution in [0.2, 0.25) is 0 Å². The third-order valence-electron chi connectivity index (χ3n) is 7.07. The Morgan fingerprint density at radius 3 is 2.60 bits per heavy atom. The highest BCUT2D eigenvalue weighted by Crippen LogP contribution is 2.32. The fourth-order valence-electron chi connectivity index (χ4n) is 4.96. The molecule has 5 heterocycles. The van der Waals surface area contributed by atoms with E-state index in [0.29, 0.717) is 11.3 Å². The zero-order chi connectivity index (χ0) is 23.9. The molecule has 1 saturated heterocycles. The van der Waals surface area contributed by atoms with Gasteiger partial charge in [0.15, 0.2) is 5.88 Å². The van der Waals surface area contributed by atoms with Gasteiger partial charge in [-0.2, -0.15) is 0 Å². The molecular weight excluding hydrogens is 438 g/mol. The molecule has 0 unspecified atom stereocenters. The van der Waals surface area contributed by atoms with Gasteiger partial charge in [-0.3, -0.25) is 19.9 Å². The van der Waals surface area contributed by atoms with Gasteiger partial charge in [0.25, 0.3) is 0 Å². The average molecular weight is 468 g/mol. The van der Waals surface area contributed by atoms with Gasteiger partial charge in [-0.15, -0.1) is 0 Å². The van der Waals surface area contributed by atoms with Crippen molar-refractivity contribution in [1.29, 1.82) is 0 Å². The van der Waals surface area contributed by atoms with Gasteiger partial charge in [0.2, 0.25) is 0 Å². The average Bonchev–Trinajstić information content (AvgIpc) is 3.67. The number of aryl methyl sites for hydroxylation is 1. The van der Waals surface area contributed by atoms with Crippen LogP contribution >= 0.6 is 0 Å². The summed E-state index contributed by atoms with van der Waals surface area (Å²) in [4.78, 5) is 26.2. The highest BCUT2D eigenvalue weighted by molar-refractivity contribution is 6.13. The van der Waals surface area contributed by atoms with Crippen molar-refractivity contribution < 1.29 is 5.11 Å². The Hall–Kier alpha value is -3.78. The number of piperazine rings is 1. The van der Waals surface area contributed by atoms with Crippen molar-refractivity contribution in [3.8, 4) is 17.1 Å². The molecule has 0 atom stereocenters. The minimum Gasteiger partial charge on any atom is -0.494 e. The zero-order valence-electron chi connectivity index (χ0n) is 20.1. The van der Waals surface area contributed by atoms with Crippen LogP contribution in [0, 0.1) is 6.92 Å². The van der Waals surface area contributed by atoms with E-state index in [4.69, 9.17) is 4.99 Å². The predicted molar refractivity (Wildman–Crippen MR) is 139 cm³/mol. The van der Waals surface area contributed by atoms with Crippen LogP contribution in [0.25, 0.3) is 22.2 Å². The second-order valence-electron chi connectivity index (χ2n) is 9.48. The van der Waals surface area contributed by atoms with Crippen LogP contribution < -0.4 is 4.90 Å². The maximum atomic E-state index is 10.7. The van der Waals surface area contributed by atoms with E-state index < -0.39 is 0 Å². The van der Waals surface area contributed by atoms with Gasteiger partial charge in [0.05, 0.1) is 40.6 Å². The number of anilines is 1. The van der Waals surface area contributed by atoms with E-state index in [-0.39, 0.29) is 5.88 Å². The Morgan fingerprint density at radius 1 is 1.06 bits per heavy atom. The predicted octanol–water partition coefficient (Wildman–Crippen LogP) is 4.46. The number of hydrogen-bond donors (Lipinski definition) is 2. The SMILES string of the molecule is CC(=Nc1ccc(N2CCN(C3CC3)CC2)nc1)c1c(O)[nH]c2cnc(-c3cnccc3C)cc12. The van der Waals surface area contributed by atoms with Crippen molar-refractivity contribution in [2.24, 2.45) is 4.99 Å². The van der Waals surface area contributed by atoms with Crippen LogP contribution in [0.3, 0.4) is 0 Å². The molecule has 2 N–H and O–H groups in total. The first-order valence-corrected chi connectivity index (χ1v) is 12.2. The second kappa shape index (κ2) is 8.78. The van der Waals surface area contributed by atoms with Gasteiger partial charge >= 0.3 is 0 Å². The summed E-state index contributed by atoms with van der Waals surface area (Å²) in [6.45, 7) is 8.20. The lowest BCUT2D eigenvalue weighted by atomic mass is 10.0. The highest BCUT2D eigenvalue weighted by atomic mass is 16.3. The number of aromatic hydroxyl groups is 1. The monoisotopic (exact) mass is 467 g/mol. The molecule has 4 aromatic heterocycles. The Morgan fingerprint density at radius 2 is 1.89 bits per heavy atom. The lowest BCUT2D eigenvalue weighted by Crippen LogP contribution is -2.47. The summed E-state index contributed by atoms with van der Waals surface area (Å²) >= 11 is 0. The van der Waals surface area contributed by atoms with Gasteiger partial charge in [0.1, 0.15) is 5.82 Å². The summed E-state index contributed by atoms with van der Waals surface area (Å²) in [5, 5.41) is 11.5. The summed E-state index contributed by atoms with van der Waals surface area (Å²) in [5.74, 6) is 1.08. The third-order valence-corrected chi connectivity index (χ3v) is 7.07. The molecule has 2 fully saturated rings. The number of aromatic amines is 1. The number of aromatic nitrogens is 4. The molecule has 8 heteroatoms. The van der Waals surface area contributed by atoms with Crippen molar-refractivity contribution in [3.63, 3.8) is 0 Å². The summed E-state index contributed by atoms with van der Waals surface area (Å²) in [6.07, 6.45) is 9.86. The van der Waals surface area contributed by atoms with Crippen LogP contribution in [0.4, 0.5) is 11.5 Å². The molecule has 4 aromatic rings. The first kappa shape index (κ1) is 21.7. The summed E-state index contributed by atoms with van der Waals surface area (Å²) in [7, 11) is 0. The molecule has 1 saturated carbocycles. The number of nitrogens with zero attached hydrogens (tertiary/aromatic N) is 6. The Kier molecular flexibility index (Phi) is 5.45. The lowest BCUT2D eigenvalue weighted by Gasteiger charge is -2.35. The summed E-state index contributed by atoms with van der Waals surface area (Å²) in [5.41, 5.74) is 5.77.